The molecule has 0 unspecified atom stereocenters. The maximum absolute atomic E-state index is 10.5. The Morgan fingerprint density at radius 3 is 2.29 bits per heavy atom. The van der Waals surface area contributed by atoms with E-state index in [0.29, 0.717) is 6.04 Å². The molecule has 4 nitrogen and oxygen atoms in total. The predicted octanol–water partition coefficient (Wildman–Crippen LogP) is -0.0606. The van der Waals surface area contributed by atoms with Gasteiger partial charge in [-0.05, 0) is 12.8 Å². The number of piperazine rings is 1. The van der Waals surface area contributed by atoms with Crippen LogP contribution in [0.4, 0.5) is 0 Å². The van der Waals surface area contributed by atoms with Crippen molar-refractivity contribution in [2.45, 2.75) is 18.9 Å². The third-order valence-corrected chi connectivity index (χ3v) is 3.21. The summed E-state index contributed by atoms with van der Waals surface area (Å²) in [5.74, 6) is 0. The van der Waals surface area contributed by atoms with E-state index in [0.717, 1.165) is 58.6 Å². The number of ether oxygens (including phenoxy) is 1. The minimum atomic E-state index is 0.692. The maximum atomic E-state index is 10.5. The molecule has 2 aliphatic rings. The molecular weight excluding hydrogens is 180 g/mol. The molecule has 0 spiro atoms. The van der Waals surface area contributed by atoms with E-state index < -0.39 is 0 Å². The van der Waals surface area contributed by atoms with Crippen molar-refractivity contribution in [1.82, 2.24) is 9.80 Å². The first-order valence-corrected chi connectivity index (χ1v) is 5.41. The van der Waals surface area contributed by atoms with E-state index in [4.69, 9.17) is 4.74 Å². The molecular formula is C10H18N2O2. The van der Waals surface area contributed by atoms with Crippen LogP contribution in [0.3, 0.4) is 0 Å². The topological polar surface area (TPSA) is 32.8 Å². The highest BCUT2D eigenvalue weighted by atomic mass is 16.5. The molecule has 0 radical (unpaired) electrons. The Labute approximate surface area is 84.8 Å². The summed E-state index contributed by atoms with van der Waals surface area (Å²) >= 11 is 0. The monoisotopic (exact) mass is 198 g/mol. The summed E-state index contributed by atoms with van der Waals surface area (Å²) in [5, 5.41) is 0. The molecule has 2 heterocycles. The Morgan fingerprint density at radius 2 is 1.71 bits per heavy atom. The molecule has 1 amide bonds. The standard InChI is InChI=1S/C10H18N2O2/c13-9-11-3-5-12(6-4-11)10-1-7-14-8-2-10/h9-10H,1-8H2. The smallest absolute Gasteiger partial charge is 0.209 e. The van der Waals surface area contributed by atoms with Gasteiger partial charge in [0.2, 0.25) is 6.41 Å². The minimum Gasteiger partial charge on any atom is -0.381 e. The van der Waals surface area contributed by atoms with Crippen LogP contribution in [0.25, 0.3) is 0 Å². The van der Waals surface area contributed by atoms with Crippen LogP contribution in [0.5, 0.6) is 0 Å². The van der Waals surface area contributed by atoms with E-state index >= 15 is 0 Å². The van der Waals surface area contributed by atoms with Gasteiger partial charge in [-0.15, -0.1) is 0 Å². The quantitative estimate of drug-likeness (QED) is 0.583. The van der Waals surface area contributed by atoms with E-state index in [1.165, 1.54) is 0 Å². The van der Waals surface area contributed by atoms with Gasteiger partial charge in [0.05, 0.1) is 0 Å². The van der Waals surface area contributed by atoms with Gasteiger partial charge in [0.15, 0.2) is 0 Å². The molecule has 2 saturated heterocycles. The third-order valence-electron chi connectivity index (χ3n) is 3.21. The number of rotatable bonds is 2. The number of carbonyl (C=O) groups excluding carboxylic acids is 1. The van der Waals surface area contributed by atoms with Gasteiger partial charge in [-0.3, -0.25) is 9.69 Å². The summed E-state index contributed by atoms with van der Waals surface area (Å²) in [6, 6.07) is 0.692. The molecule has 2 rings (SSSR count). The Kier molecular flexibility index (Phi) is 3.37. The van der Waals surface area contributed by atoms with Crippen molar-refractivity contribution in [3.8, 4) is 0 Å². The summed E-state index contributed by atoms with van der Waals surface area (Å²) in [7, 11) is 0. The molecule has 2 fully saturated rings. The van der Waals surface area contributed by atoms with Crippen LogP contribution in [0.1, 0.15) is 12.8 Å². The highest BCUT2D eigenvalue weighted by Crippen LogP contribution is 2.15. The Bertz CT molecular complexity index is 185. The lowest BCUT2D eigenvalue weighted by molar-refractivity contribution is -0.120. The van der Waals surface area contributed by atoms with Crippen LogP contribution in [0.15, 0.2) is 0 Å². The zero-order valence-electron chi connectivity index (χ0n) is 8.52. The van der Waals surface area contributed by atoms with Crippen LogP contribution >= 0.6 is 0 Å². The minimum absolute atomic E-state index is 0.692. The molecule has 0 aromatic carbocycles. The summed E-state index contributed by atoms with van der Waals surface area (Å²) in [6.07, 6.45) is 3.27. The van der Waals surface area contributed by atoms with Gasteiger partial charge in [-0.25, -0.2) is 0 Å². The van der Waals surface area contributed by atoms with Gasteiger partial charge in [-0.1, -0.05) is 0 Å². The zero-order chi connectivity index (χ0) is 9.80. The average molecular weight is 198 g/mol. The molecule has 4 heteroatoms. The molecule has 0 atom stereocenters. The molecule has 14 heavy (non-hydrogen) atoms. The van der Waals surface area contributed by atoms with Crippen molar-refractivity contribution in [3.63, 3.8) is 0 Å². The van der Waals surface area contributed by atoms with Crippen molar-refractivity contribution < 1.29 is 9.53 Å². The molecule has 0 N–H and O–H groups in total. The molecule has 2 aliphatic heterocycles. The normalized spacial score (nSPS) is 26.4. The Morgan fingerprint density at radius 1 is 1.07 bits per heavy atom. The van der Waals surface area contributed by atoms with E-state index in [2.05, 4.69) is 4.90 Å². The largest absolute Gasteiger partial charge is 0.381 e. The first kappa shape index (κ1) is 9.93. The van der Waals surface area contributed by atoms with Gasteiger partial charge in [-0.2, -0.15) is 0 Å². The third kappa shape index (κ3) is 2.25. The number of amides is 1. The van der Waals surface area contributed by atoms with Crippen molar-refractivity contribution >= 4 is 6.41 Å². The fourth-order valence-corrected chi connectivity index (χ4v) is 2.26. The Balaban J connectivity index is 1.78. The van der Waals surface area contributed by atoms with Crippen molar-refractivity contribution in [2.75, 3.05) is 39.4 Å². The molecule has 0 aromatic heterocycles. The lowest BCUT2D eigenvalue weighted by atomic mass is 10.1. The van der Waals surface area contributed by atoms with Crippen LogP contribution in [0, 0.1) is 0 Å². The lowest BCUT2D eigenvalue weighted by Gasteiger charge is -2.39. The van der Waals surface area contributed by atoms with Crippen LogP contribution in [0.2, 0.25) is 0 Å². The van der Waals surface area contributed by atoms with Gasteiger partial charge in [0.1, 0.15) is 0 Å². The van der Waals surface area contributed by atoms with Gasteiger partial charge < -0.3 is 9.64 Å². The van der Waals surface area contributed by atoms with Crippen molar-refractivity contribution in [2.24, 2.45) is 0 Å². The summed E-state index contributed by atoms with van der Waals surface area (Å²) in [5.41, 5.74) is 0. The summed E-state index contributed by atoms with van der Waals surface area (Å²) in [4.78, 5) is 14.9. The first-order chi connectivity index (χ1) is 6.90. The second-order valence-corrected chi connectivity index (χ2v) is 4.02. The number of nitrogens with zero attached hydrogens (tertiary/aromatic N) is 2. The second kappa shape index (κ2) is 4.75. The summed E-state index contributed by atoms with van der Waals surface area (Å²) < 4.78 is 5.34. The van der Waals surface area contributed by atoms with Gasteiger partial charge >= 0.3 is 0 Å². The molecule has 0 bridgehead atoms. The van der Waals surface area contributed by atoms with Crippen molar-refractivity contribution in [3.05, 3.63) is 0 Å². The van der Waals surface area contributed by atoms with Crippen LogP contribution in [-0.2, 0) is 9.53 Å². The lowest BCUT2D eigenvalue weighted by Crippen LogP contribution is -2.51. The number of hydrogen-bond donors (Lipinski definition) is 0. The summed E-state index contributed by atoms with van der Waals surface area (Å²) in [6.45, 7) is 5.64. The highest BCUT2D eigenvalue weighted by molar-refractivity contribution is 5.47. The average Bonchev–Trinajstić information content (AvgIpc) is 2.30. The predicted molar refractivity (Wildman–Crippen MR) is 53.1 cm³/mol. The Hall–Kier alpha value is -0.610. The molecule has 0 aromatic rings. The number of hydrogen-bond acceptors (Lipinski definition) is 3. The maximum Gasteiger partial charge on any atom is 0.209 e. The van der Waals surface area contributed by atoms with Crippen LogP contribution < -0.4 is 0 Å². The fraction of sp³-hybridized carbons (Fsp3) is 0.900. The second-order valence-electron chi connectivity index (χ2n) is 4.02. The highest BCUT2D eigenvalue weighted by Gasteiger charge is 2.24. The molecule has 0 saturated carbocycles. The van der Waals surface area contributed by atoms with Gasteiger partial charge in [0.25, 0.3) is 0 Å². The molecule has 0 aliphatic carbocycles. The van der Waals surface area contributed by atoms with Crippen molar-refractivity contribution in [1.29, 1.82) is 0 Å². The van der Waals surface area contributed by atoms with E-state index in [-0.39, 0.29) is 0 Å². The number of carbonyl (C=O) groups is 1. The SMILES string of the molecule is O=CN1CCN(C2CCOCC2)CC1. The van der Waals surface area contributed by atoms with E-state index in [9.17, 15) is 4.79 Å². The van der Waals surface area contributed by atoms with Crippen LogP contribution in [-0.4, -0.2) is 61.6 Å². The first-order valence-electron chi connectivity index (χ1n) is 5.41. The molecule has 80 valence electrons. The van der Waals surface area contributed by atoms with Gasteiger partial charge in [0, 0.05) is 45.4 Å². The van der Waals surface area contributed by atoms with E-state index in [1.54, 1.807) is 0 Å². The fourth-order valence-electron chi connectivity index (χ4n) is 2.26. The zero-order valence-corrected chi connectivity index (χ0v) is 8.52. The van der Waals surface area contributed by atoms with E-state index in [1.807, 2.05) is 4.90 Å².